The van der Waals surface area contributed by atoms with Crippen LogP contribution in [0.5, 0.6) is 0 Å². The van der Waals surface area contributed by atoms with Crippen molar-refractivity contribution in [1.82, 2.24) is 0 Å². The van der Waals surface area contributed by atoms with Gasteiger partial charge in [-0.05, 0) is 5.41 Å². The summed E-state index contributed by atoms with van der Waals surface area (Å²) in [6.07, 6.45) is 5.78. The van der Waals surface area contributed by atoms with E-state index in [0.29, 0.717) is 0 Å². The molecule has 0 aromatic rings. The molecule has 0 saturated carbocycles. The van der Waals surface area contributed by atoms with Crippen LogP contribution in [0.4, 0.5) is 0 Å². The maximum absolute atomic E-state index is 10.7. The molecule has 2 rings (SSSR count). The Morgan fingerprint density at radius 3 is 1.26 bits per heavy atom. The standard InChI is InChI=1S/C9H10N4O4.2C4H9N/c1-9(2,3)8(6(4-10)12(14)15)7(5-11)13(16)17;2*1-2-4-5-3-1/h8H,1-3H3;2*5H,1-4H2/q-2;;/p+2. The van der Waals surface area contributed by atoms with Crippen molar-refractivity contribution in [2.45, 2.75) is 46.5 Å². The van der Waals surface area contributed by atoms with E-state index in [1.165, 1.54) is 84.4 Å². The monoisotopic (exact) mass is 382 g/mol. The second kappa shape index (κ2) is 12.9. The van der Waals surface area contributed by atoms with Crippen LogP contribution in [0.2, 0.25) is 0 Å². The molecule has 2 heterocycles. The number of nitrogens with zero attached hydrogens (tertiary/aromatic N) is 4. The van der Waals surface area contributed by atoms with Crippen LogP contribution >= 0.6 is 0 Å². The Balaban J connectivity index is 0.000000534. The van der Waals surface area contributed by atoms with E-state index < -0.39 is 32.6 Å². The summed E-state index contributed by atoms with van der Waals surface area (Å²) >= 11 is 0. The highest BCUT2D eigenvalue weighted by Crippen LogP contribution is 2.36. The first-order valence-corrected chi connectivity index (χ1v) is 9.12. The second-order valence-corrected chi connectivity index (χ2v) is 7.45. The highest BCUT2D eigenvalue weighted by atomic mass is 16.6. The maximum atomic E-state index is 10.7. The molecule has 27 heavy (non-hydrogen) atoms. The summed E-state index contributed by atoms with van der Waals surface area (Å²) < 4.78 is 0. The molecule has 2 aliphatic heterocycles. The van der Waals surface area contributed by atoms with E-state index in [4.69, 9.17) is 10.8 Å². The molecule has 2 aliphatic rings. The van der Waals surface area contributed by atoms with Crippen LogP contribution < -0.4 is 10.6 Å². The summed E-state index contributed by atoms with van der Waals surface area (Å²) in [4.78, 5) is 19.3. The summed E-state index contributed by atoms with van der Waals surface area (Å²) in [5.41, 5.74) is -2.77. The Hall–Kier alpha value is -2.38. The molecule has 0 aromatic carbocycles. The number of nitro groups is 2. The van der Waals surface area contributed by atoms with Crippen molar-refractivity contribution in [2.75, 3.05) is 26.2 Å². The fraction of sp³-hybridized carbons (Fsp3) is 0.765. The van der Waals surface area contributed by atoms with Crippen LogP contribution in [0.3, 0.4) is 0 Å². The van der Waals surface area contributed by atoms with Crippen LogP contribution in [0.15, 0.2) is 11.4 Å². The highest BCUT2D eigenvalue weighted by molar-refractivity contribution is 5.65. The Bertz CT molecular complexity index is 532. The fourth-order valence-corrected chi connectivity index (χ4v) is 2.81. The third-order valence-corrected chi connectivity index (χ3v) is 4.17. The molecule has 0 spiro atoms. The van der Waals surface area contributed by atoms with Crippen molar-refractivity contribution in [3.63, 3.8) is 0 Å². The van der Waals surface area contributed by atoms with E-state index in [1.54, 1.807) is 0 Å². The predicted octanol–water partition coefficient (Wildman–Crippen LogP) is 0.135. The summed E-state index contributed by atoms with van der Waals surface area (Å²) in [7, 11) is 0. The molecule has 0 bridgehead atoms. The molecule has 0 unspecified atom stereocenters. The molecule has 2 saturated heterocycles. The van der Waals surface area contributed by atoms with Crippen LogP contribution in [0.25, 0.3) is 10.8 Å². The van der Waals surface area contributed by atoms with Crippen molar-refractivity contribution in [1.29, 1.82) is 0 Å². The van der Waals surface area contributed by atoms with Gasteiger partial charge in [-0.2, -0.15) is 11.7 Å². The lowest BCUT2D eigenvalue weighted by atomic mass is 9.77. The number of rotatable bonds is 4. The lowest BCUT2D eigenvalue weighted by Gasteiger charge is -2.25. The topological polar surface area (TPSA) is 164 Å². The van der Waals surface area contributed by atoms with Gasteiger partial charge in [0.25, 0.3) is 11.4 Å². The van der Waals surface area contributed by atoms with Gasteiger partial charge in [0, 0.05) is 25.7 Å². The van der Waals surface area contributed by atoms with Crippen molar-refractivity contribution in [2.24, 2.45) is 11.3 Å². The molecule has 10 nitrogen and oxygen atoms in total. The van der Waals surface area contributed by atoms with Crippen LogP contribution in [-0.4, -0.2) is 47.8 Å². The molecular formula is C17H30N6O4. The van der Waals surface area contributed by atoms with Crippen LogP contribution in [0.1, 0.15) is 46.5 Å². The Morgan fingerprint density at radius 1 is 0.852 bits per heavy atom. The smallest absolute Gasteiger partial charge is 0.280 e. The minimum Gasteiger partial charge on any atom is -0.758 e. The highest BCUT2D eigenvalue weighted by Gasteiger charge is 2.43. The van der Waals surface area contributed by atoms with E-state index in [-0.39, 0.29) is 0 Å². The summed E-state index contributed by atoms with van der Waals surface area (Å²) in [6.45, 7) is 9.96. The zero-order chi connectivity index (χ0) is 20.9. The Kier molecular flexibility index (Phi) is 11.8. The Morgan fingerprint density at radius 2 is 1.15 bits per heavy atom. The van der Waals surface area contributed by atoms with Gasteiger partial charge in [-0.3, -0.25) is 20.2 Å². The van der Waals surface area contributed by atoms with E-state index in [0.717, 1.165) is 0 Å². The SMILES string of the molecule is C1CC[NH2+]C1.C1CC[NH2+]C1.CC(C)(C)C(C(=C=[N-])[N+](=O)[O-])C(=C=[N-])[N+](=O)[O-]. The maximum Gasteiger partial charge on any atom is 0.280 e. The average molecular weight is 382 g/mol. The fourth-order valence-electron chi connectivity index (χ4n) is 2.81. The number of nitrogens with two attached hydrogens (primary N) is 2. The van der Waals surface area contributed by atoms with E-state index in [1.807, 2.05) is 0 Å². The van der Waals surface area contributed by atoms with Gasteiger partial charge >= 0.3 is 0 Å². The van der Waals surface area contributed by atoms with Gasteiger partial charge in [-0.1, -0.05) is 20.8 Å². The van der Waals surface area contributed by atoms with Gasteiger partial charge in [0.05, 0.1) is 36.0 Å². The predicted molar refractivity (Wildman–Crippen MR) is 102 cm³/mol. The molecule has 0 aliphatic carbocycles. The lowest BCUT2D eigenvalue weighted by molar-refractivity contribution is -0.635. The molecule has 152 valence electrons. The molecular weight excluding hydrogens is 352 g/mol. The molecule has 0 aromatic heterocycles. The van der Waals surface area contributed by atoms with E-state index in [9.17, 15) is 20.2 Å². The second-order valence-electron chi connectivity index (χ2n) is 7.45. The third kappa shape index (κ3) is 9.77. The van der Waals surface area contributed by atoms with Crippen molar-refractivity contribution in [3.8, 4) is 0 Å². The molecule has 4 N–H and O–H groups in total. The van der Waals surface area contributed by atoms with E-state index in [2.05, 4.69) is 10.6 Å². The van der Waals surface area contributed by atoms with Gasteiger partial charge in [0.1, 0.15) is 0 Å². The first-order valence-electron chi connectivity index (χ1n) is 9.12. The quantitative estimate of drug-likeness (QED) is 0.401. The van der Waals surface area contributed by atoms with Gasteiger partial charge in [0.15, 0.2) is 5.92 Å². The summed E-state index contributed by atoms with van der Waals surface area (Å²) in [5, 5.41) is 43.4. The first-order chi connectivity index (χ1) is 12.7. The summed E-state index contributed by atoms with van der Waals surface area (Å²) in [6, 6.07) is 0. The first kappa shape index (κ1) is 24.6. The molecule has 0 amide bonds. The van der Waals surface area contributed by atoms with E-state index >= 15 is 0 Å². The molecule has 0 radical (unpaired) electrons. The summed E-state index contributed by atoms with van der Waals surface area (Å²) in [5.74, 6) is 1.20. The number of hydrogen-bond donors (Lipinski definition) is 2. The minimum absolute atomic E-state index is 0.897. The van der Waals surface area contributed by atoms with Gasteiger partial charge in [-0.25, -0.2) is 0 Å². The normalized spacial score (nSPS) is 16.4. The number of quaternary nitrogens is 2. The minimum atomic E-state index is -1.44. The zero-order valence-corrected chi connectivity index (χ0v) is 16.3. The molecule has 10 heteroatoms. The largest absolute Gasteiger partial charge is 0.758 e. The number of hydrogen-bond acceptors (Lipinski definition) is 4. The van der Waals surface area contributed by atoms with Gasteiger partial charge in [-0.15, -0.1) is 0 Å². The van der Waals surface area contributed by atoms with Crippen LogP contribution in [-0.2, 0) is 0 Å². The van der Waals surface area contributed by atoms with Crippen molar-refractivity contribution >= 4 is 11.7 Å². The molecule has 2 fully saturated rings. The van der Waals surface area contributed by atoms with Gasteiger partial charge < -0.3 is 21.5 Å². The molecule has 0 atom stereocenters. The zero-order valence-electron chi connectivity index (χ0n) is 16.3. The van der Waals surface area contributed by atoms with Crippen LogP contribution in [0, 0.1) is 31.6 Å². The van der Waals surface area contributed by atoms with Crippen molar-refractivity contribution in [3.05, 3.63) is 42.4 Å². The third-order valence-electron chi connectivity index (χ3n) is 4.17. The average Bonchev–Trinajstić information content (AvgIpc) is 3.31. The Labute approximate surface area is 159 Å². The van der Waals surface area contributed by atoms with Crippen molar-refractivity contribution < 1.29 is 20.5 Å². The lowest BCUT2D eigenvalue weighted by Crippen LogP contribution is -2.80. The van der Waals surface area contributed by atoms with Gasteiger partial charge in [0.2, 0.25) is 0 Å².